The zero-order valence-corrected chi connectivity index (χ0v) is 14.2. The van der Waals surface area contributed by atoms with E-state index < -0.39 is 0 Å². The summed E-state index contributed by atoms with van der Waals surface area (Å²) in [5.41, 5.74) is 2.87. The van der Waals surface area contributed by atoms with Crippen LogP contribution < -0.4 is 14.8 Å². The van der Waals surface area contributed by atoms with Crippen molar-refractivity contribution in [2.75, 3.05) is 19.5 Å². The average molecular weight is 334 g/mol. The molecule has 122 valence electrons. The van der Waals surface area contributed by atoms with Crippen molar-refractivity contribution in [3.8, 4) is 11.5 Å². The molecule has 2 aromatic rings. The third kappa shape index (κ3) is 4.63. The van der Waals surface area contributed by atoms with E-state index in [1.165, 1.54) is 19.8 Å². The van der Waals surface area contributed by atoms with E-state index >= 15 is 0 Å². The Morgan fingerprint density at radius 2 is 1.74 bits per heavy atom. The lowest BCUT2D eigenvalue weighted by Gasteiger charge is -2.13. The summed E-state index contributed by atoms with van der Waals surface area (Å²) in [4.78, 5) is 12.1. The fourth-order valence-electron chi connectivity index (χ4n) is 2.18. The van der Waals surface area contributed by atoms with Gasteiger partial charge in [-0.2, -0.15) is 0 Å². The summed E-state index contributed by atoms with van der Waals surface area (Å²) in [6, 6.07) is 11.4. The standard InChI is InChI=1S/C18H20ClNO3/c1-12-4-6-13(7-5-12)8-9-18(21)20-15-10-14(19)16(22-2)11-17(15)23-3/h4-7,10-11H,8-9H2,1-3H3,(H,20,21). The zero-order chi connectivity index (χ0) is 16.8. The van der Waals surface area contributed by atoms with E-state index in [-0.39, 0.29) is 5.91 Å². The first-order valence-electron chi connectivity index (χ1n) is 7.30. The highest BCUT2D eigenvalue weighted by atomic mass is 35.5. The summed E-state index contributed by atoms with van der Waals surface area (Å²) in [6.45, 7) is 2.04. The minimum absolute atomic E-state index is 0.0925. The van der Waals surface area contributed by atoms with Gasteiger partial charge >= 0.3 is 0 Å². The van der Waals surface area contributed by atoms with E-state index in [4.69, 9.17) is 21.1 Å². The van der Waals surface area contributed by atoms with Crippen molar-refractivity contribution < 1.29 is 14.3 Å². The Bertz CT molecular complexity index is 683. The smallest absolute Gasteiger partial charge is 0.224 e. The lowest BCUT2D eigenvalue weighted by molar-refractivity contribution is -0.116. The van der Waals surface area contributed by atoms with Crippen molar-refractivity contribution in [3.63, 3.8) is 0 Å². The van der Waals surface area contributed by atoms with Crippen LogP contribution in [0.15, 0.2) is 36.4 Å². The van der Waals surface area contributed by atoms with Crippen LogP contribution in [0.5, 0.6) is 11.5 Å². The number of nitrogens with one attached hydrogen (secondary N) is 1. The van der Waals surface area contributed by atoms with Gasteiger partial charge in [0.05, 0.1) is 24.9 Å². The maximum absolute atomic E-state index is 12.1. The molecule has 0 aliphatic carbocycles. The van der Waals surface area contributed by atoms with Gasteiger partial charge in [-0.05, 0) is 25.0 Å². The zero-order valence-electron chi connectivity index (χ0n) is 13.5. The van der Waals surface area contributed by atoms with Crippen LogP contribution in [0.4, 0.5) is 5.69 Å². The average Bonchev–Trinajstić information content (AvgIpc) is 2.54. The number of anilines is 1. The van der Waals surface area contributed by atoms with Crippen molar-refractivity contribution in [1.29, 1.82) is 0 Å². The van der Waals surface area contributed by atoms with Gasteiger partial charge in [0.1, 0.15) is 11.5 Å². The molecule has 0 heterocycles. The van der Waals surface area contributed by atoms with E-state index in [0.717, 1.165) is 5.56 Å². The summed E-state index contributed by atoms with van der Waals surface area (Å²) in [5.74, 6) is 0.918. The number of rotatable bonds is 6. The molecule has 0 bridgehead atoms. The predicted octanol–water partition coefficient (Wildman–Crippen LogP) is 4.24. The van der Waals surface area contributed by atoms with Crippen LogP contribution in [-0.4, -0.2) is 20.1 Å². The second-order valence-corrected chi connectivity index (χ2v) is 5.63. The number of aryl methyl sites for hydroxylation is 2. The fourth-order valence-corrected chi connectivity index (χ4v) is 2.42. The third-order valence-electron chi connectivity index (χ3n) is 3.51. The van der Waals surface area contributed by atoms with Crippen molar-refractivity contribution in [1.82, 2.24) is 0 Å². The van der Waals surface area contributed by atoms with Crippen LogP contribution in [-0.2, 0) is 11.2 Å². The van der Waals surface area contributed by atoms with Crippen molar-refractivity contribution in [2.24, 2.45) is 0 Å². The second-order valence-electron chi connectivity index (χ2n) is 5.22. The molecular weight excluding hydrogens is 314 g/mol. The molecule has 0 fully saturated rings. The van der Waals surface area contributed by atoms with Crippen LogP contribution >= 0.6 is 11.6 Å². The summed E-state index contributed by atoms with van der Waals surface area (Å²) in [5, 5.41) is 3.25. The number of halogens is 1. The molecule has 0 saturated carbocycles. The molecule has 0 radical (unpaired) electrons. The number of benzene rings is 2. The molecule has 0 aromatic heterocycles. The Balaban J connectivity index is 2.02. The Hall–Kier alpha value is -2.20. The third-order valence-corrected chi connectivity index (χ3v) is 3.80. The van der Waals surface area contributed by atoms with Crippen LogP contribution in [0.2, 0.25) is 5.02 Å². The van der Waals surface area contributed by atoms with Gasteiger partial charge in [-0.3, -0.25) is 4.79 Å². The number of carbonyl (C=O) groups excluding carboxylic acids is 1. The van der Waals surface area contributed by atoms with Crippen LogP contribution in [0.1, 0.15) is 17.5 Å². The fraction of sp³-hybridized carbons (Fsp3) is 0.278. The molecular formula is C18H20ClNO3. The van der Waals surface area contributed by atoms with Crippen molar-refractivity contribution in [2.45, 2.75) is 19.8 Å². The van der Waals surface area contributed by atoms with Gasteiger partial charge in [0, 0.05) is 12.5 Å². The molecule has 0 saturated heterocycles. The summed E-state index contributed by atoms with van der Waals surface area (Å²) in [6.07, 6.45) is 1.06. The van der Waals surface area contributed by atoms with E-state index in [1.807, 2.05) is 31.2 Å². The second kappa shape index (κ2) is 7.88. The maximum atomic E-state index is 12.1. The lowest BCUT2D eigenvalue weighted by atomic mass is 10.1. The van der Waals surface area contributed by atoms with E-state index in [0.29, 0.717) is 35.1 Å². The highest BCUT2D eigenvalue weighted by Gasteiger charge is 2.12. The number of carbonyl (C=O) groups is 1. The molecule has 4 nitrogen and oxygen atoms in total. The first-order valence-corrected chi connectivity index (χ1v) is 7.68. The molecule has 0 spiro atoms. The van der Waals surface area contributed by atoms with Gasteiger partial charge in [0.15, 0.2) is 0 Å². The number of amides is 1. The van der Waals surface area contributed by atoms with E-state index in [1.54, 1.807) is 12.1 Å². The van der Waals surface area contributed by atoms with Crippen LogP contribution in [0, 0.1) is 6.92 Å². The Morgan fingerprint density at radius 3 is 2.35 bits per heavy atom. The van der Waals surface area contributed by atoms with Crippen LogP contribution in [0.25, 0.3) is 0 Å². The minimum Gasteiger partial charge on any atom is -0.495 e. The Morgan fingerprint density at radius 1 is 1.09 bits per heavy atom. The van der Waals surface area contributed by atoms with Gasteiger partial charge in [-0.25, -0.2) is 0 Å². The summed E-state index contributed by atoms with van der Waals surface area (Å²) < 4.78 is 10.4. The Labute approximate surface area is 141 Å². The first-order chi connectivity index (χ1) is 11.0. The number of hydrogen-bond donors (Lipinski definition) is 1. The van der Waals surface area contributed by atoms with Gasteiger partial charge in [0.2, 0.25) is 5.91 Å². The van der Waals surface area contributed by atoms with Crippen LogP contribution in [0.3, 0.4) is 0 Å². The molecule has 2 rings (SSSR count). The largest absolute Gasteiger partial charge is 0.495 e. The molecule has 1 amide bonds. The topological polar surface area (TPSA) is 47.6 Å². The molecule has 0 aliphatic rings. The van der Waals surface area contributed by atoms with Gasteiger partial charge < -0.3 is 14.8 Å². The lowest BCUT2D eigenvalue weighted by Crippen LogP contribution is -2.13. The number of methoxy groups -OCH3 is 2. The van der Waals surface area contributed by atoms with E-state index in [9.17, 15) is 4.79 Å². The van der Waals surface area contributed by atoms with Gasteiger partial charge in [-0.1, -0.05) is 41.4 Å². The summed E-state index contributed by atoms with van der Waals surface area (Å²) in [7, 11) is 3.06. The minimum atomic E-state index is -0.0925. The van der Waals surface area contributed by atoms with Crippen molar-refractivity contribution >= 4 is 23.2 Å². The summed E-state index contributed by atoms with van der Waals surface area (Å²) >= 11 is 6.10. The van der Waals surface area contributed by atoms with Gasteiger partial charge in [-0.15, -0.1) is 0 Å². The molecule has 23 heavy (non-hydrogen) atoms. The normalized spacial score (nSPS) is 10.3. The number of hydrogen-bond acceptors (Lipinski definition) is 3. The maximum Gasteiger partial charge on any atom is 0.224 e. The number of ether oxygens (including phenoxy) is 2. The van der Waals surface area contributed by atoms with Gasteiger partial charge in [0.25, 0.3) is 0 Å². The first kappa shape index (κ1) is 17.2. The van der Waals surface area contributed by atoms with Crippen molar-refractivity contribution in [3.05, 3.63) is 52.5 Å². The predicted molar refractivity (Wildman–Crippen MR) is 92.7 cm³/mol. The molecule has 2 aromatic carbocycles. The SMILES string of the molecule is COc1cc(OC)c(NC(=O)CCc2ccc(C)cc2)cc1Cl. The highest BCUT2D eigenvalue weighted by Crippen LogP contribution is 2.35. The van der Waals surface area contributed by atoms with E-state index in [2.05, 4.69) is 5.32 Å². The quantitative estimate of drug-likeness (QED) is 0.860. The molecule has 1 N–H and O–H groups in total. The molecule has 0 unspecified atom stereocenters. The highest BCUT2D eigenvalue weighted by molar-refractivity contribution is 6.32. The monoisotopic (exact) mass is 333 g/mol. The molecule has 0 atom stereocenters. The Kier molecular flexibility index (Phi) is 5.88. The molecule has 0 aliphatic heterocycles. The molecule has 5 heteroatoms.